The number of amides is 1. The average Bonchev–Trinajstić information content (AvgIpc) is 3.08. The maximum atomic E-state index is 12.8. The predicted octanol–water partition coefficient (Wildman–Crippen LogP) is 4.94. The van der Waals surface area contributed by atoms with E-state index in [1.165, 1.54) is 5.56 Å². The maximum Gasteiger partial charge on any atom is 0.326 e. The zero-order valence-corrected chi connectivity index (χ0v) is 18.7. The highest BCUT2D eigenvalue weighted by Gasteiger charge is 2.15. The smallest absolute Gasteiger partial charge is 0.326 e. The van der Waals surface area contributed by atoms with Gasteiger partial charge in [-0.2, -0.15) is 0 Å². The molecule has 0 aliphatic heterocycles. The molecule has 1 heterocycles. The van der Waals surface area contributed by atoms with Crippen molar-refractivity contribution in [3.63, 3.8) is 0 Å². The van der Waals surface area contributed by atoms with Crippen LogP contribution in [0, 0.1) is 0 Å². The van der Waals surface area contributed by atoms with Crippen LogP contribution in [0.25, 0.3) is 11.0 Å². The number of fused-ring (bicyclic) bond motifs is 1. The molecule has 0 fully saturated rings. The molecular weight excluding hydrogens is 402 g/mol. The first-order valence-electron chi connectivity index (χ1n) is 10.5. The van der Waals surface area contributed by atoms with E-state index in [2.05, 4.69) is 31.1 Å². The average molecular weight is 430 g/mol. The molecule has 6 nitrogen and oxygen atoms in total. The van der Waals surface area contributed by atoms with Crippen molar-refractivity contribution >= 4 is 22.6 Å². The number of ether oxygens (including phenoxy) is 1. The van der Waals surface area contributed by atoms with Crippen molar-refractivity contribution in [3.8, 4) is 5.75 Å². The van der Waals surface area contributed by atoms with Crippen molar-refractivity contribution in [2.75, 3.05) is 12.4 Å². The molecule has 4 aromatic rings. The van der Waals surface area contributed by atoms with Crippen molar-refractivity contribution in [2.24, 2.45) is 0 Å². The summed E-state index contributed by atoms with van der Waals surface area (Å²) in [6, 6.07) is 20.6. The van der Waals surface area contributed by atoms with Crippen LogP contribution in [0.1, 0.15) is 42.3 Å². The summed E-state index contributed by atoms with van der Waals surface area (Å²) in [5, 5.41) is 2.94. The first-order chi connectivity index (χ1) is 15.2. The first-order valence-corrected chi connectivity index (χ1v) is 10.5. The van der Waals surface area contributed by atoms with Crippen LogP contribution >= 0.6 is 0 Å². The molecule has 0 atom stereocenters. The van der Waals surface area contributed by atoms with E-state index in [0.29, 0.717) is 23.3 Å². The Morgan fingerprint density at radius 2 is 1.78 bits per heavy atom. The number of methoxy groups -OCH3 is 1. The number of imidazole rings is 1. The summed E-state index contributed by atoms with van der Waals surface area (Å²) < 4.78 is 6.93. The number of aromatic amines is 1. The number of hydrogen-bond acceptors (Lipinski definition) is 3. The van der Waals surface area contributed by atoms with Gasteiger partial charge in [-0.05, 0) is 59.0 Å². The number of rotatable bonds is 5. The Labute approximate surface area is 186 Å². The number of nitrogens with zero attached hydrogens (tertiary/aromatic N) is 1. The first kappa shape index (κ1) is 21.4. The van der Waals surface area contributed by atoms with Gasteiger partial charge in [-0.15, -0.1) is 0 Å². The highest BCUT2D eigenvalue weighted by molar-refractivity contribution is 6.05. The largest absolute Gasteiger partial charge is 0.497 e. The van der Waals surface area contributed by atoms with E-state index >= 15 is 0 Å². The minimum Gasteiger partial charge on any atom is -0.497 e. The van der Waals surface area contributed by atoms with Gasteiger partial charge in [0.2, 0.25) is 0 Å². The fourth-order valence-electron chi connectivity index (χ4n) is 3.67. The minimum atomic E-state index is -0.205. The van der Waals surface area contributed by atoms with Crippen LogP contribution in [0.15, 0.2) is 71.5 Å². The molecule has 4 rings (SSSR count). The zero-order chi connectivity index (χ0) is 22.9. The lowest BCUT2D eigenvalue weighted by Gasteiger charge is -2.19. The fourth-order valence-corrected chi connectivity index (χ4v) is 3.67. The number of carbonyl (C=O) groups excluding carboxylic acids is 1. The molecule has 1 amide bonds. The molecule has 0 saturated carbocycles. The summed E-state index contributed by atoms with van der Waals surface area (Å²) in [7, 11) is 1.61. The molecule has 0 spiro atoms. The predicted molar refractivity (Wildman–Crippen MR) is 128 cm³/mol. The van der Waals surface area contributed by atoms with Crippen LogP contribution in [0.4, 0.5) is 5.69 Å². The lowest BCUT2D eigenvalue weighted by atomic mass is 9.87. The van der Waals surface area contributed by atoms with E-state index in [-0.39, 0.29) is 17.0 Å². The second-order valence-corrected chi connectivity index (χ2v) is 8.88. The SMILES string of the molecule is COc1cccc(Cn2c(=O)[nH]c3ccc(NC(=O)c4ccc(C(C)(C)C)cc4)cc32)c1. The Bertz CT molecular complexity index is 1330. The second-order valence-electron chi connectivity index (χ2n) is 8.88. The molecule has 32 heavy (non-hydrogen) atoms. The summed E-state index contributed by atoms with van der Waals surface area (Å²) >= 11 is 0. The van der Waals surface area contributed by atoms with E-state index < -0.39 is 0 Å². The lowest BCUT2D eigenvalue weighted by molar-refractivity contribution is 0.102. The van der Waals surface area contributed by atoms with Gasteiger partial charge in [0.25, 0.3) is 5.91 Å². The Hall–Kier alpha value is -3.80. The number of H-pyrrole nitrogens is 1. The van der Waals surface area contributed by atoms with Crippen molar-refractivity contribution in [2.45, 2.75) is 32.7 Å². The lowest BCUT2D eigenvalue weighted by Crippen LogP contribution is -2.17. The van der Waals surface area contributed by atoms with Gasteiger partial charge in [0.05, 0.1) is 24.7 Å². The molecule has 0 aliphatic carbocycles. The number of benzene rings is 3. The van der Waals surface area contributed by atoms with Gasteiger partial charge in [0, 0.05) is 11.3 Å². The van der Waals surface area contributed by atoms with Crippen molar-refractivity contribution in [3.05, 3.63) is 93.9 Å². The topological polar surface area (TPSA) is 76.1 Å². The molecule has 1 aromatic heterocycles. The van der Waals surface area contributed by atoms with Crippen LogP contribution in [-0.2, 0) is 12.0 Å². The fraction of sp³-hybridized carbons (Fsp3) is 0.231. The Morgan fingerprint density at radius 1 is 1.03 bits per heavy atom. The number of anilines is 1. The molecular formula is C26H27N3O3. The summed E-state index contributed by atoms with van der Waals surface area (Å²) in [6.45, 7) is 6.80. The van der Waals surface area contributed by atoms with Gasteiger partial charge in [-0.3, -0.25) is 9.36 Å². The third-order valence-electron chi connectivity index (χ3n) is 5.52. The third-order valence-corrected chi connectivity index (χ3v) is 5.52. The van der Waals surface area contributed by atoms with Gasteiger partial charge in [-0.1, -0.05) is 45.0 Å². The maximum absolute atomic E-state index is 12.8. The van der Waals surface area contributed by atoms with E-state index in [9.17, 15) is 9.59 Å². The highest BCUT2D eigenvalue weighted by atomic mass is 16.5. The zero-order valence-electron chi connectivity index (χ0n) is 18.7. The van der Waals surface area contributed by atoms with E-state index in [0.717, 1.165) is 16.8 Å². The van der Waals surface area contributed by atoms with Crippen LogP contribution in [-0.4, -0.2) is 22.6 Å². The van der Waals surface area contributed by atoms with Crippen molar-refractivity contribution in [1.29, 1.82) is 0 Å². The number of hydrogen-bond donors (Lipinski definition) is 2. The van der Waals surface area contributed by atoms with Crippen LogP contribution < -0.4 is 15.7 Å². The Balaban J connectivity index is 1.59. The van der Waals surface area contributed by atoms with Crippen molar-refractivity contribution in [1.82, 2.24) is 9.55 Å². The second kappa shape index (κ2) is 8.38. The Morgan fingerprint density at radius 3 is 2.47 bits per heavy atom. The van der Waals surface area contributed by atoms with Gasteiger partial charge >= 0.3 is 5.69 Å². The number of nitrogens with one attached hydrogen (secondary N) is 2. The normalized spacial score (nSPS) is 11.5. The van der Waals surface area contributed by atoms with Crippen LogP contribution in [0.5, 0.6) is 5.75 Å². The van der Waals surface area contributed by atoms with Crippen molar-refractivity contribution < 1.29 is 9.53 Å². The third kappa shape index (κ3) is 4.44. The van der Waals surface area contributed by atoms with E-state index in [1.54, 1.807) is 23.8 Å². The van der Waals surface area contributed by atoms with Gasteiger partial charge in [0.1, 0.15) is 5.75 Å². The minimum absolute atomic E-state index is 0.0285. The van der Waals surface area contributed by atoms with Gasteiger partial charge in [0.15, 0.2) is 0 Å². The summed E-state index contributed by atoms with van der Waals surface area (Å²) in [5.74, 6) is 0.544. The molecule has 2 N–H and O–H groups in total. The molecule has 0 aliphatic rings. The van der Waals surface area contributed by atoms with E-state index in [4.69, 9.17) is 4.74 Å². The molecule has 0 radical (unpaired) electrons. The summed E-state index contributed by atoms with van der Waals surface area (Å²) in [5.41, 5.74) is 4.58. The van der Waals surface area contributed by atoms with Crippen LogP contribution in [0.3, 0.4) is 0 Å². The summed E-state index contributed by atoms with van der Waals surface area (Å²) in [6.07, 6.45) is 0. The number of carbonyl (C=O) groups is 1. The Kier molecular flexibility index (Phi) is 5.61. The molecule has 0 unspecified atom stereocenters. The molecule has 164 valence electrons. The summed E-state index contributed by atoms with van der Waals surface area (Å²) in [4.78, 5) is 28.2. The standard InChI is InChI=1S/C26H27N3O3/c1-26(2,3)19-10-8-18(9-11-19)24(30)27-20-12-13-22-23(15-20)29(25(31)28-22)16-17-6-5-7-21(14-17)32-4/h5-15H,16H2,1-4H3,(H,27,30)(H,28,31). The van der Waals surface area contributed by atoms with Gasteiger partial charge < -0.3 is 15.0 Å². The van der Waals surface area contributed by atoms with Gasteiger partial charge in [-0.25, -0.2) is 4.79 Å². The van der Waals surface area contributed by atoms with Crippen LogP contribution in [0.2, 0.25) is 0 Å². The number of aromatic nitrogens is 2. The molecule has 0 saturated heterocycles. The highest BCUT2D eigenvalue weighted by Crippen LogP contribution is 2.23. The quantitative estimate of drug-likeness (QED) is 0.472. The molecule has 6 heteroatoms. The molecule has 0 bridgehead atoms. The van der Waals surface area contributed by atoms with E-state index in [1.807, 2.05) is 54.6 Å². The molecule has 3 aromatic carbocycles. The monoisotopic (exact) mass is 429 g/mol.